The highest BCUT2D eigenvalue weighted by molar-refractivity contribution is 6.01. The van der Waals surface area contributed by atoms with Gasteiger partial charge in [0.05, 0.1) is 12.8 Å². The van der Waals surface area contributed by atoms with Gasteiger partial charge in [-0.1, -0.05) is 12.1 Å². The molecule has 0 aliphatic carbocycles. The van der Waals surface area contributed by atoms with E-state index in [4.69, 9.17) is 4.74 Å². The predicted octanol–water partition coefficient (Wildman–Crippen LogP) is 2.32. The smallest absolute Gasteiger partial charge is 0.249 e. The Kier molecular flexibility index (Phi) is 4.14. The number of benzene rings is 1. The van der Waals surface area contributed by atoms with Crippen molar-refractivity contribution in [3.05, 3.63) is 41.7 Å². The topological polar surface area (TPSA) is 67.3 Å². The van der Waals surface area contributed by atoms with Gasteiger partial charge in [0.1, 0.15) is 11.8 Å². The van der Waals surface area contributed by atoms with Crippen molar-refractivity contribution >= 4 is 17.5 Å². The number of nitrogens with zero attached hydrogens (tertiary/aromatic N) is 3. The first-order valence-electron chi connectivity index (χ1n) is 7.61. The van der Waals surface area contributed by atoms with Crippen molar-refractivity contribution in [2.24, 2.45) is 0 Å². The summed E-state index contributed by atoms with van der Waals surface area (Å²) in [6, 6.07) is 7.23. The normalized spacial score (nSPS) is 17.4. The maximum atomic E-state index is 12.7. The number of nitrogens with one attached hydrogen (secondary N) is 1. The van der Waals surface area contributed by atoms with Crippen LogP contribution in [0.4, 0.5) is 11.6 Å². The van der Waals surface area contributed by atoms with E-state index in [2.05, 4.69) is 15.3 Å². The zero-order valence-electron chi connectivity index (χ0n) is 13.5. The lowest BCUT2D eigenvalue weighted by Crippen LogP contribution is -2.34. The lowest BCUT2D eigenvalue weighted by Gasteiger charge is -2.19. The molecule has 1 aromatic heterocycles. The minimum atomic E-state index is -0.318. The van der Waals surface area contributed by atoms with Crippen molar-refractivity contribution in [1.82, 2.24) is 9.97 Å². The minimum absolute atomic E-state index is 0.0105. The highest BCUT2D eigenvalue weighted by atomic mass is 16.5. The molecule has 1 aliphatic rings. The minimum Gasteiger partial charge on any atom is -0.495 e. The largest absolute Gasteiger partial charge is 0.495 e. The monoisotopic (exact) mass is 312 g/mol. The Morgan fingerprint density at radius 1 is 1.30 bits per heavy atom. The molecule has 3 rings (SSSR count). The van der Waals surface area contributed by atoms with Crippen LogP contribution in [0.25, 0.3) is 0 Å². The number of rotatable bonds is 4. The second-order valence-corrected chi connectivity index (χ2v) is 5.61. The molecule has 23 heavy (non-hydrogen) atoms. The number of methoxy groups -OCH3 is 1. The lowest BCUT2D eigenvalue weighted by molar-refractivity contribution is -0.117. The zero-order valence-corrected chi connectivity index (χ0v) is 13.5. The molecule has 0 spiro atoms. The van der Waals surface area contributed by atoms with Crippen molar-refractivity contribution in [1.29, 1.82) is 0 Å². The molecule has 120 valence electrons. The quantitative estimate of drug-likeness (QED) is 0.938. The van der Waals surface area contributed by atoms with E-state index in [0.29, 0.717) is 24.7 Å². The Hall–Kier alpha value is -2.63. The van der Waals surface area contributed by atoms with E-state index in [0.717, 1.165) is 16.9 Å². The number of amides is 1. The molecule has 2 heterocycles. The molecule has 6 nitrogen and oxygen atoms in total. The van der Waals surface area contributed by atoms with E-state index in [1.54, 1.807) is 18.2 Å². The third-order valence-electron chi connectivity index (χ3n) is 4.11. The SMILES string of the molecule is COc1ccccc1N1CCC(Nc2ncc(C)c(C)n2)C1=O. The summed E-state index contributed by atoms with van der Waals surface area (Å²) in [5.41, 5.74) is 2.74. The van der Waals surface area contributed by atoms with E-state index in [9.17, 15) is 4.79 Å². The van der Waals surface area contributed by atoms with Crippen LogP contribution in [0.1, 0.15) is 17.7 Å². The highest BCUT2D eigenvalue weighted by Gasteiger charge is 2.34. The molecule has 0 radical (unpaired) electrons. The Balaban J connectivity index is 1.77. The van der Waals surface area contributed by atoms with Gasteiger partial charge in [0.2, 0.25) is 11.9 Å². The van der Waals surface area contributed by atoms with Crippen LogP contribution in [0.2, 0.25) is 0 Å². The second kappa shape index (κ2) is 6.24. The van der Waals surface area contributed by atoms with Gasteiger partial charge >= 0.3 is 0 Å². The Morgan fingerprint density at radius 3 is 2.83 bits per heavy atom. The fourth-order valence-electron chi connectivity index (χ4n) is 2.66. The predicted molar refractivity (Wildman–Crippen MR) is 88.9 cm³/mol. The molecular weight excluding hydrogens is 292 g/mol. The number of carbonyl (C=O) groups excluding carboxylic acids is 1. The van der Waals surface area contributed by atoms with Crippen molar-refractivity contribution in [3.8, 4) is 5.75 Å². The molecule has 1 amide bonds. The Labute approximate surface area is 135 Å². The third kappa shape index (κ3) is 2.97. The molecule has 1 N–H and O–H groups in total. The molecule has 6 heteroatoms. The zero-order chi connectivity index (χ0) is 16.4. The van der Waals surface area contributed by atoms with E-state index >= 15 is 0 Å². The van der Waals surface area contributed by atoms with Crippen LogP contribution < -0.4 is 15.0 Å². The molecule has 1 atom stereocenters. The van der Waals surface area contributed by atoms with Gasteiger partial charge in [0, 0.05) is 18.4 Å². The summed E-state index contributed by atoms with van der Waals surface area (Å²) in [5, 5.41) is 3.14. The van der Waals surface area contributed by atoms with Gasteiger partial charge in [-0.05, 0) is 38.0 Å². The van der Waals surface area contributed by atoms with E-state index in [1.807, 2.05) is 38.1 Å². The van der Waals surface area contributed by atoms with Crippen LogP contribution in [0.3, 0.4) is 0 Å². The van der Waals surface area contributed by atoms with Crippen molar-refractivity contribution < 1.29 is 9.53 Å². The van der Waals surface area contributed by atoms with Gasteiger partial charge in [-0.2, -0.15) is 0 Å². The van der Waals surface area contributed by atoms with Crippen LogP contribution in [0.5, 0.6) is 5.75 Å². The first kappa shape index (κ1) is 15.3. The number of hydrogen-bond acceptors (Lipinski definition) is 5. The van der Waals surface area contributed by atoms with Crippen LogP contribution >= 0.6 is 0 Å². The van der Waals surface area contributed by atoms with Crippen LogP contribution in [-0.2, 0) is 4.79 Å². The molecular formula is C17H20N4O2. The Morgan fingerprint density at radius 2 is 2.09 bits per heavy atom. The molecule has 1 unspecified atom stereocenters. The van der Waals surface area contributed by atoms with Gasteiger partial charge in [0.15, 0.2) is 0 Å². The number of aromatic nitrogens is 2. The van der Waals surface area contributed by atoms with Gasteiger partial charge < -0.3 is 15.0 Å². The van der Waals surface area contributed by atoms with Gasteiger partial charge in [-0.3, -0.25) is 4.79 Å². The summed E-state index contributed by atoms with van der Waals surface area (Å²) in [4.78, 5) is 23.1. The van der Waals surface area contributed by atoms with Gasteiger partial charge in [-0.15, -0.1) is 0 Å². The van der Waals surface area contributed by atoms with Gasteiger partial charge in [-0.25, -0.2) is 9.97 Å². The number of ether oxygens (including phenoxy) is 1. The average molecular weight is 312 g/mol. The fraction of sp³-hybridized carbons (Fsp3) is 0.353. The molecule has 0 bridgehead atoms. The van der Waals surface area contributed by atoms with Crippen molar-refractivity contribution in [3.63, 3.8) is 0 Å². The molecule has 1 aromatic carbocycles. The number of aryl methyl sites for hydroxylation is 2. The summed E-state index contributed by atoms with van der Waals surface area (Å²) in [6.45, 7) is 4.53. The molecule has 2 aromatic rings. The summed E-state index contributed by atoms with van der Waals surface area (Å²) in [6.07, 6.45) is 2.47. The standard InChI is InChI=1S/C17H20N4O2/c1-11-10-18-17(19-12(11)2)20-13-8-9-21(16(13)22)14-6-4-5-7-15(14)23-3/h4-7,10,13H,8-9H2,1-3H3,(H,18,19,20). The summed E-state index contributed by atoms with van der Waals surface area (Å²) in [7, 11) is 1.61. The number of anilines is 2. The average Bonchev–Trinajstić information content (AvgIpc) is 2.91. The number of carbonyl (C=O) groups is 1. The first-order valence-corrected chi connectivity index (χ1v) is 7.61. The van der Waals surface area contributed by atoms with E-state index in [-0.39, 0.29) is 11.9 Å². The Bertz CT molecular complexity index is 732. The van der Waals surface area contributed by atoms with Crippen molar-refractivity contribution in [2.75, 3.05) is 23.9 Å². The molecule has 1 fully saturated rings. The maximum absolute atomic E-state index is 12.7. The van der Waals surface area contributed by atoms with Crippen molar-refractivity contribution in [2.45, 2.75) is 26.3 Å². The summed E-state index contributed by atoms with van der Waals surface area (Å²) >= 11 is 0. The summed E-state index contributed by atoms with van der Waals surface area (Å²) in [5.74, 6) is 1.20. The number of para-hydroxylation sites is 2. The van der Waals surface area contributed by atoms with Gasteiger partial charge in [0.25, 0.3) is 0 Å². The first-order chi connectivity index (χ1) is 11.1. The van der Waals surface area contributed by atoms with Crippen LogP contribution in [0.15, 0.2) is 30.5 Å². The summed E-state index contributed by atoms with van der Waals surface area (Å²) < 4.78 is 5.35. The highest BCUT2D eigenvalue weighted by Crippen LogP contribution is 2.31. The second-order valence-electron chi connectivity index (χ2n) is 5.61. The molecule has 0 saturated carbocycles. The molecule has 1 saturated heterocycles. The van der Waals surface area contributed by atoms with E-state index in [1.165, 1.54) is 0 Å². The number of hydrogen-bond donors (Lipinski definition) is 1. The fourth-order valence-corrected chi connectivity index (χ4v) is 2.66. The van der Waals surface area contributed by atoms with Crippen LogP contribution in [0, 0.1) is 13.8 Å². The third-order valence-corrected chi connectivity index (χ3v) is 4.11. The molecule has 1 aliphatic heterocycles. The lowest BCUT2D eigenvalue weighted by atomic mass is 10.2. The van der Waals surface area contributed by atoms with E-state index < -0.39 is 0 Å². The maximum Gasteiger partial charge on any atom is 0.249 e. The van der Waals surface area contributed by atoms with Crippen LogP contribution in [-0.4, -0.2) is 35.6 Å².